The first-order valence-electron chi connectivity index (χ1n) is 5.47. The summed E-state index contributed by atoms with van der Waals surface area (Å²) < 4.78 is 39.8. The van der Waals surface area contributed by atoms with Crippen molar-refractivity contribution in [1.29, 1.82) is 0 Å². The maximum Gasteiger partial charge on any atom is 0.161 e. The third kappa shape index (κ3) is 2.24. The van der Waals surface area contributed by atoms with Gasteiger partial charge in [-0.05, 0) is 35.7 Å². The van der Waals surface area contributed by atoms with Crippen molar-refractivity contribution in [2.24, 2.45) is 5.73 Å². The molecule has 2 N–H and O–H groups in total. The van der Waals surface area contributed by atoms with E-state index in [1.807, 2.05) is 6.07 Å². The van der Waals surface area contributed by atoms with Crippen LogP contribution in [0.25, 0.3) is 11.1 Å². The lowest BCUT2D eigenvalue weighted by molar-refractivity contribution is 0.496. The number of benzene rings is 2. The lowest BCUT2D eigenvalue weighted by atomic mass is 9.97. The van der Waals surface area contributed by atoms with E-state index in [4.69, 9.17) is 5.73 Å². The number of halogens is 3. The van der Waals surface area contributed by atoms with Gasteiger partial charge in [-0.3, -0.25) is 0 Å². The molecule has 0 aliphatic heterocycles. The molecule has 0 fully saturated rings. The second kappa shape index (κ2) is 4.82. The SMILES string of the molecule is Cc1ccc(CN)cc1-c1cc(F)c(F)cc1F. The number of hydrogen-bond donors (Lipinski definition) is 1. The van der Waals surface area contributed by atoms with E-state index in [2.05, 4.69) is 0 Å². The van der Waals surface area contributed by atoms with Crippen LogP contribution < -0.4 is 5.73 Å². The lowest BCUT2D eigenvalue weighted by Gasteiger charge is -2.10. The molecule has 0 heterocycles. The van der Waals surface area contributed by atoms with Crippen molar-refractivity contribution in [2.45, 2.75) is 13.5 Å². The van der Waals surface area contributed by atoms with Crippen molar-refractivity contribution in [2.75, 3.05) is 0 Å². The summed E-state index contributed by atoms with van der Waals surface area (Å²) in [6.07, 6.45) is 0. The van der Waals surface area contributed by atoms with Crippen molar-refractivity contribution in [3.8, 4) is 11.1 Å². The van der Waals surface area contributed by atoms with E-state index in [1.165, 1.54) is 0 Å². The molecule has 0 amide bonds. The molecule has 0 unspecified atom stereocenters. The molecule has 0 saturated heterocycles. The predicted octanol–water partition coefficient (Wildman–Crippen LogP) is 3.54. The maximum atomic E-state index is 13.7. The molecule has 4 heteroatoms. The highest BCUT2D eigenvalue weighted by Gasteiger charge is 2.13. The van der Waals surface area contributed by atoms with Crippen molar-refractivity contribution in [1.82, 2.24) is 0 Å². The van der Waals surface area contributed by atoms with Gasteiger partial charge in [-0.2, -0.15) is 0 Å². The number of hydrogen-bond acceptors (Lipinski definition) is 1. The Labute approximate surface area is 103 Å². The molecule has 0 aliphatic carbocycles. The third-order valence-electron chi connectivity index (χ3n) is 2.84. The first kappa shape index (κ1) is 12.6. The molecule has 2 aromatic rings. The van der Waals surface area contributed by atoms with Gasteiger partial charge < -0.3 is 5.73 Å². The zero-order valence-corrected chi connectivity index (χ0v) is 9.81. The molecule has 0 bridgehead atoms. The molecule has 18 heavy (non-hydrogen) atoms. The van der Waals surface area contributed by atoms with Crippen molar-refractivity contribution in [3.05, 3.63) is 58.9 Å². The Bertz CT molecular complexity index is 594. The summed E-state index contributed by atoms with van der Waals surface area (Å²) in [5.74, 6) is -3.04. The fourth-order valence-corrected chi connectivity index (χ4v) is 1.82. The van der Waals surface area contributed by atoms with Gasteiger partial charge in [0.15, 0.2) is 11.6 Å². The molecule has 0 radical (unpaired) electrons. The van der Waals surface area contributed by atoms with Gasteiger partial charge in [0, 0.05) is 18.2 Å². The average molecular weight is 251 g/mol. The molecule has 0 atom stereocenters. The number of aryl methyl sites for hydroxylation is 1. The van der Waals surface area contributed by atoms with Crippen molar-refractivity contribution in [3.63, 3.8) is 0 Å². The molecular weight excluding hydrogens is 239 g/mol. The molecule has 2 aromatic carbocycles. The zero-order valence-electron chi connectivity index (χ0n) is 9.81. The van der Waals surface area contributed by atoms with Gasteiger partial charge in [-0.15, -0.1) is 0 Å². The van der Waals surface area contributed by atoms with E-state index in [1.54, 1.807) is 19.1 Å². The quantitative estimate of drug-likeness (QED) is 0.812. The molecule has 0 saturated carbocycles. The number of nitrogens with two attached hydrogens (primary N) is 1. The summed E-state index contributed by atoms with van der Waals surface area (Å²) in [5.41, 5.74) is 7.66. The highest BCUT2D eigenvalue weighted by atomic mass is 19.2. The summed E-state index contributed by atoms with van der Waals surface area (Å²) in [5, 5.41) is 0. The largest absolute Gasteiger partial charge is 0.326 e. The molecule has 0 aliphatic rings. The van der Waals surface area contributed by atoms with Crippen LogP contribution in [0, 0.1) is 24.4 Å². The van der Waals surface area contributed by atoms with E-state index in [9.17, 15) is 13.2 Å². The fourth-order valence-electron chi connectivity index (χ4n) is 1.82. The summed E-state index contributed by atoms with van der Waals surface area (Å²) in [6, 6.07) is 6.70. The maximum absolute atomic E-state index is 13.7. The van der Waals surface area contributed by atoms with Crippen LogP contribution in [-0.2, 0) is 6.54 Å². The Morgan fingerprint density at radius 2 is 1.56 bits per heavy atom. The summed E-state index contributed by atoms with van der Waals surface area (Å²) in [6.45, 7) is 2.08. The number of rotatable bonds is 2. The molecule has 0 spiro atoms. The van der Waals surface area contributed by atoms with Gasteiger partial charge in [0.05, 0.1) is 0 Å². The van der Waals surface area contributed by atoms with Crippen LogP contribution in [0.5, 0.6) is 0 Å². The monoisotopic (exact) mass is 251 g/mol. The minimum Gasteiger partial charge on any atom is -0.326 e. The normalized spacial score (nSPS) is 10.7. The van der Waals surface area contributed by atoms with E-state index >= 15 is 0 Å². The standard InChI is InChI=1S/C14H12F3N/c1-8-2-3-9(7-18)4-10(8)11-5-13(16)14(17)6-12(11)15/h2-6H,7,18H2,1H3. The molecular formula is C14H12F3N. The van der Waals surface area contributed by atoms with Gasteiger partial charge in [0.25, 0.3) is 0 Å². The van der Waals surface area contributed by atoms with Crippen LogP contribution in [0.1, 0.15) is 11.1 Å². The van der Waals surface area contributed by atoms with Crippen LogP contribution in [-0.4, -0.2) is 0 Å². The first-order valence-corrected chi connectivity index (χ1v) is 5.47. The lowest BCUT2D eigenvalue weighted by Crippen LogP contribution is -1.98. The minimum atomic E-state index is -1.19. The smallest absolute Gasteiger partial charge is 0.161 e. The second-order valence-electron chi connectivity index (χ2n) is 4.10. The third-order valence-corrected chi connectivity index (χ3v) is 2.84. The van der Waals surface area contributed by atoms with Gasteiger partial charge in [0.2, 0.25) is 0 Å². The Balaban J connectivity index is 2.64. The summed E-state index contributed by atoms with van der Waals surface area (Å²) in [4.78, 5) is 0. The summed E-state index contributed by atoms with van der Waals surface area (Å²) >= 11 is 0. The van der Waals surface area contributed by atoms with Gasteiger partial charge >= 0.3 is 0 Å². The van der Waals surface area contributed by atoms with Gasteiger partial charge in [0.1, 0.15) is 5.82 Å². The van der Waals surface area contributed by atoms with Crippen molar-refractivity contribution >= 4 is 0 Å². The van der Waals surface area contributed by atoms with Crippen LogP contribution in [0.4, 0.5) is 13.2 Å². The topological polar surface area (TPSA) is 26.0 Å². The molecule has 0 aromatic heterocycles. The Morgan fingerprint density at radius 3 is 2.22 bits per heavy atom. The average Bonchev–Trinajstić information content (AvgIpc) is 2.35. The Hall–Kier alpha value is -1.81. The summed E-state index contributed by atoms with van der Waals surface area (Å²) in [7, 11) is 0. The Kier molecular flexibility index (Phi) is 3.39. The van der Waals surface area contributed by atoms with E-state index in [0.717, 1.165) is 17.2 Å². The van der Waals surface area contributed by atoms with Crippen LogP contribution in [0.15, 0.2) is 30.3 Å². The molecule has 1 nitrogen and oxygen atoms in total. The Morgan fingerprint density at radius 1 is 0.889 bits per heavy atom. The highest BCUT2D eigenvalue weighted by molar-refractivity contribution is 5.68. The van der Waals surface area contributed by atoms with Crippen LogP contribution in [0.2, 0.25) is 0 Å². The fraction of sp³-hybridized carbons (Fsp3) is 0.143. The van der Waals surface area contributed by atoms with E-state index in [0.29, 0.717) is 18.2 Å². The van der Waals surface area contributed by atoms with E-state index < -0.39 is 17.5 Å². The second-order valence-corrected chi connectivity index (χ2v) is 4.10. The van der Waals surface area contributed by atoms with Crippen LogP contribution >= 0.6 is 0 Å². The zero-order chi connectivity index (χ0) is 13.3. The van der Waals surface area contributed by atoms with E-state index in [-0.39, 0.29) is 5.56 Å². The highest BCUT2D eigenvalue weighted by Crippen LogP contribution is 2.28. The molecule has 2 rings (SSSR count). The predicted molar refractivity (Wildman–Crippen MR) is 64.4 cm³/mol. The minimum absolute atomic E-state index is 0.0432. The van der Waals surface area contributed by atoms with Crippen LogP contribution in [0.3, 0.4) is 0 Å². The first-order chi connectivity index (χ1) is 8.52. The van der Waals surface area contributed by atoms with Gasteiger partial charge in [-0.25, -0.2) is 13.2 Å². The van der Waals surface area contributed by atoms with Gasteiger partial charge in [-0.1, -0.05) is 12.1 Å². The van der Waals surface area contributed by atoms with Crippen molar-refractivity contribution < 1.29 is 13.2 Å². The molecule has 94 valence electrons.